The van der Waals surface area contributed by atoms with Gasteiger partial charge < -0.3 is 14.6 Å². The van der Waals surface area contributed by atoms with Crippen molar-refractivity contribution in [2.24, 2.45) is 0 Å². The summed E-state index contributed by atoms with van der Waals surface area (Å²) < 4.78 is 11.7. The van der Waals surface area contributed by atoms with E-state index in [9.17, 15) is 0 Å². The van der Waals surface area contributed by atoms with Gasteiger partial charge in [-0.15, -0.1) is 10.2 Å². The van der Waals surface area contributed by atoms with Gasteiger partial charge in [-0.25, -0.2) is 0 Å². The summed E-state index contributed by atoms with van der Waals surface area (Å²) in [7, 11) is 0. The van der Waals surface area contributed by atoms with Gasteiger partial charge in [0, 0.05) is 18.6 Å². The van der Waals surface area contributed by atoms with Gasteiger partial charge in [-0.1, -0.05) is 49.0 Å². The second-order valence-corrected chi connectivity index (χ2v) is 8.64. The van der Waals surface area contributed by atoms with Gasteiger partial charge in [0.15, 0.2) is 10.2 Å². The Morgan fingerprint density at radius 3 is 2.91 bits per heavy atom. The minimum atomic E-state index is -0.103. The predicted molar refractivity (Wildman–Crippen MR) is 89.9 cm³/mol. The molecule has 2 aromatic rings. The molecular weight excluding hydrogens is 334 g/mol. The molecule has 0 bridgehead atoms. The Labute approximate surface area is 143 Å². The van der Waals surface area contributed by atoms with E-state index in [2.05, 4.69) is 46.4 Å². The molecule has 0 aliphatic carbocycles. The normalized spacial score (nSPS) is 18.5. The lowest BCUT2D eigenvalue weighted by molar-refractivity contribution is 0.120. The van der Waals surface area contributed by atoms with Gasteiger partial charge in [0.1, 0.15) is 0 Å². The maximum atomic E-state index is 5.58. The molecule has 1 aliphatic rings. The van der Waals surface area contributed by atoms with Crippen molar-refractivity contribution >= 4 is 28.2 Å². The Bertz CT molecular complexity index is 631. The maximum absolute atomic E-state index is 5.58. The largest absolute Gasteiger partial charge is 0.376 e. The van der Waals surface area contributed by atoms with E-state index in [4.69, 9.17) is 9.26 Å². The third kappa shape index (κ3) is 4.65. The van der Waals surface area contributed by atoms with Gasteiger partial charge in [-0.3, -0.25) is 0 Å². The lowest BCUT2D eigenvalue weighted by Crippen LogP contribution is -2.18. The van der Waals surface area contributed by atoms with Crippen molar-refractivity contribution < 1.29 is 9.26 Å². The number of aromatic nitrogens is 4. The van der Waals surface area contributed by atoms with Crippen LogP contribution in [0.2, 0.25) is 0 Å². The Kier molecular flexibility index (Phi) is 5.17. The van der Waals surface area contributed by atoms with Crippen LogP contribution >= 0.6 is 23.1 Å². The molecule has 0 aromatic carbocycles. The fourth-order valence-corrected chi connectivity index (χ4v) is 3.68. The first-order valence-electron chi connectivity index (χ1n) is 7.65. The van der Waals surface area contributed by atoms with Crippen LogP contribution in [-0.2, 0) is 15.9 Å². The number of nitrogens with zero attached hydrogens (tertiary/aromatic N) is 4. The molecule has 2 aromatic heterocycles. The first-order chi connectivity index (χ1) is 11.0. The molecule has 0 amide bonds. The molecule has 1 N–H and O–H groups in total. The zero-order valence-electron chi connectivity index (χ0n) is 13.5. The first-order valence-corrected chi connectivity index (χ1v) is 9.46. The highest BCUT2D eigenvalue weighted by Gasteiger charge is 2.21. The van der Waals surface area contributed by atoms with E-state index in [1.165, 1.54) is 11.3 Å². The average molecular weight is 355 g/mol. The minimum Gasteiger partial charge on any atom is -0.376 e. The monoisotopic (exact) mass is 355 g/mol. The van der Waals surface area contributed by atoms with Crippen LogP contribution in [0.3, 0.4) is 0 Å². The van der Waals surface area contributed by atoms with E-state index >= 15 is 0 Å². The molecule has 0 radical (unpaired) electrons. The molecule has 1 fully saturated rings. The van der Waals surface area contributed by atoms with Gasteiger partial charge in [0.05, 0.1) is 11.9 Å². The lowest BCUT2D eigenvalue weighted by Gasteiger charge is -2.10. The fraction of sp³-hybridized carbons (Fsp3) is 0.714. The van der Waals surface area contributed by atoms with Crippen LogP contribution in [0, 0.1) is 0 Å². The number of rotatable bonds is 6. The van der Waals surface area contributed by atoms with Crippen LogP contribution in [0.4, 0.5) is 5.13 Å². The molecule has 126 valence electrons. The summed E-state index contributed by atoms with van der Waals surface area (Å²) in [5.41, 5.74) is -0.103. The molecule has 1 atom stereocenters. The predicted octanol–water partition coefficient (Wildman–Crippen LogP) is 3.10. The quantitative estimate of drug-likeness (QED) is 0.791. The molecule has 0 spiro atoms. The number of thioether (sulfide) groups is 1. The molecule has 23 heavy (non-hydrogen) atoms. The van der Waals surface area contributed by atoms with Crippen LogP contribution in [0.25, 0.3) is 0 Å². The van der Waals surface area contributed by atoms with E-state index in [0.29, 0.717) is 17.7 Å². The topological polar surface area (TPSA) is 86.0 Å². The fourth-order valence-electron chi connectivity index (χ4n) is 2.09. The van der Waals surface area contributed by atoms with E-state index in [1.807, 2.05) is 0 Å². The third-order valence-electron chi connectivity index (χ3n) is 3.37. The van der Waals surface area contributed by atoms with Crippen molar-refractivity contribution in [1.82, 2.24) is 20.3 Å². The minimum absolute atomic E-state index is 0.103. The van der Waals surface area contributed by atoms with Crippen molar-refractivity contribution in [2.45, 2.75) is 55.2 Å². The molecule has 3 rings (SSSR count). The Balaban J connectivity index is 1.48. The summed E-state index contributed by atoms with van der Waals surface area (Å²) in [5.74, 6) is 1.94. The highest BCUT2D eigenvalue weighted by molar-refractivity contribution is 8.00. The zero-order chi connectivity index (χ0) is 16.3. The summed E-state index contributed by atoms with van der Waals surface area (Å²) in [6.45, 7) is 7.84. The van der Waals surface area contributed by atoms with Crippen molar-refractivity contribution in [2.75, 3.05) is 18.5 Å². The van der Waals surface area contributed by atoms with E-state index in [-0.39, 0.29) is 5.41 Å². The van der Waals surface area contributed by atoms with Gasteiger partial charge in [-0.05, 0) is 12.8 Å². The van der Waals surface area contributed by atoms with E-state index in [1.54, 1.807) is 11.8 Å². The van der Waals surface area contributed by atoms with Crippen molar-refractivity contribution in [3.63, 3.8) is 0 Å². The van der Waals surface area contributed by atoms with Crippen LogP contribution in [0.5, 0.6) is 0 Å². The molecule has 0 saturated carbocycles. The van der Waals surface area contributed by atoms with E-state index in [0.717, 1.165) is 41.3 Å². The second-order valence-electron chi connectivity index (χ2n) is 6.44. The Morgan fingerprint density at radius 1 is 1.35 bits per heavy atom. The van der Waals surface area contributed by atoms with Crippen molar-refractivity contribution in [3.05, 3.63) is 11.7 Å². The summed E-state index contributed by atoms with van der Waals surface area (Å²) in [6.07, 6.45) is 2.55. The zero-order valence-corrected chi connectivity index (χ0v) is 15.2. The van der Waals surface area contributed by atoms with Crippen LogP contribution in [-0.4, -0.2) is 39.6 Å². The van der Waals surface area contributed by atoms with E-state index < -0.39 is 0 Å². The maximum Gasteiger partial charge on any atom is 0.237 e. The molecule has 9 heteroatoms. The van der Waals surface area contributed by atoms with Crippen LogP contribution in [0.1, 0.15) is 45.3 Å². The number of nitrogens with one attached hydrogen (secondary N) is 1. The summed E-state index contributed by atoms with van der Waals surface area (Å²) >= 11 is 3.09. The highest BCUT2D eigenvalue weighted by Crippen LogP contribution is 2.29. The van der Waals surface area contributed by atoms with Gasteiger partial charge >= 0.3 is 0 Å². The molecule has 1 unspecified atom stereocenters. The summed E-state index contributed by atoms with van der Waals surface area (Å²) in [5, 5.41) is 16.4. The number of anilines is 1. The highest BCUT2D eigenvalue weighted by atomic mass is 32.2. The number of hydrogen-bond acceptors (Lipinski definition) is 9. The molecule has 1 saturated heterocycles. The smallest absolute Gasteiger partial charge is 0.237 e. The second kappa shape index (κ2) is 7.14. The molecular formula is C14H21N5O2S2. The van der Waals surface area contributed by atoms with Gasteiger partial charge in [0.2, 0.25) is 11.0 Å². The lowest BCUT2D eigenvalue weighted by atomic mass is 9.96. The van der Waals surface area contributed by atoms with Crippen molar-refractivity contribution in [1.29, 1.82) is 0 Å². The first kappa shape index (κ1) is 16.7. The van der Waals surface area contributed by atoms with Gasteiger partial charge in [0.25, 0.3) is 0 Å². The molecule has 1 aliphatic heterocycles. The summed E-state index contributed by atoms with van der Waals surface area (Å²) in [4.78, 5) is 4.42. The number of ether oxygens (including phenoxy) is 1. The van der Waals surface area contributed by atoms with Crippen LogP contribution in [0.15, 0.2) is 8.86 Å². The Hall–Kier alpha value is -1.19. The Morgan fingerprint density at radius 2 is 2.22 bits per heavy atom. The molecule has 7 nitrogen and oxygen atoms in total. The van der Waals surface area contributed by atoms with Crippen molar-refractivity contribution in [3.8, 4) is 0 Å². The molecule has 3 heterocycles. The van der Waals surface area contributed by atoms with Gasteiger partial charge in [-0.2, -0.15) is 4.98 Å². The van der Waals surface area contributed by atoms with Crippen LogP contribution < -0.4 is 5.32 Å². The standard InChI is InChI=1S/C14H21N5O2S2/c1-14(2,3)11-16-10(21-19-11)8-22-13-18-17-12(23-13)15-7-9-5-4-6-20-9/h9H,4-8H2,1-3H3,(H,15,17). The third-order valence-corrected chi connectivity index (χ3v) is 5.37. The summed E-state index contributed by atoms with van der Waals surface area (Å²) in [6, 6.07) is 0. The SMILES string of the molecule is CC(C)(C)c1noc(CSc2nnc(NCC3CCCO3)s2)n1. The number of hydrogen-bond donors (Lipinski definition) is 1. The average Bonchev–Trinajstić information content (AvgIpc) is 3.23.